The molecule has 8 heteroatoms. The van der Waals surface area contributed by atoms with Gasteiger partial charge < -0.3 is 14.7 Å². The number of amides is 1. The van der Waals surface area contributed by atoms with Crippen molar-refractivity contribution in [2.24, 2.45) is 0 Å². The molecule has 156 valence electrons. The van der Waals surface area contributed by atoms with E-state index >= 15 is 0 Å². The summed E-state index contributed by atoms with van der Waals surface area (Å²) in [6, 6.07) is 9.56. The number of hydrogen-bond donors (Lipinski definition) is 1. The average Bonchev–Trinajstić information content (AvgIpc) is 3.04. The van der Waals surface area contributed by atoms with E-state index in [1.165, 1.54) is 29.2 Å². The van der Waals surface area contributed by atoms with Crippen LogP contribution in [-0.2, 0) is 14.3 Å². The molecule has 1 amide bonds. The molecule has 2 aliphatic rings. The summed E-state index contributed by atoms with van der Waals surface area (Å²) in [6.07, 6.45) is 1.58. The number of pyridine rings is 1. The van der Waals surface area contributed by atoms with Crippen molar-refractivity contribution in [1.82, 2.24) is 14.8 Å². The van der Waals surface area contributed by atoms with E-state index in [9.17, 15) is 19.1 Å². The standard InChI is InChI=1S/C22H22FN3O4/c23-16-6-4-15(5-7-16)20(27)18-19(17-3-1-2-8-24-17)26(22(29)21(18)28)10-9-25-11-13-30-14-12-25/h1-8,19,27H,9-14H2/b20-18-/t19-/m1/s1. The highest BCUT2D eigenvalue weighted by Crippen LogP contribution is 2.38. The van der Waals surface area contributed by atoms with E-state index in [1.54, 1.807) is 24.4 Å². The first-order chi connectivity index (χ1) is 14.6. The fourth-order valence-corrected chi connectivity index (χ4v) is 3.79. The molecule has 0 aliphatic carbocycles. The molecule has 7 nitrogen and oxygen atoms in total. The number of aliphatic hydroxyl groups is 1. The highest BCUT2D eigenvalue weighted by atomic mass is 19.1. The smallest absolute Gasteiger partial charge is 0.295 e. The SMILES string of the molecule is O=C1C(=O)N(CCN2CCOCC2)[C@H](c2ccccn2)/C1=C(/O)c1ccc(F)cc1. The van der Waals surface area contributed by atoms with Gasteiger partial charge in [0.2, 0.25) is 0 Å². The van der Waals surface area contributed by atoms with Crippen LogP contribution in [0.15, 0.2) is 54.2 Å². The van der Waals surface area contributed by atoms with Crippen molar-refractivity contribution >= 4 is 17.4 Å². The van der Waals surface area contributed by atoms with Gasteiger partial charge in [0.25, 0.3) is 11.7 Å². The number of halogens is 1. The molecule has 1 N–H and O–H groups in total. The molecule has 2 aromatic rings. The number of rotatable bonds is 5. The Hall–Kier alpha value is -3.10. The molecular formula is C22H22FN3O4. The van der Waals surface area contributed by atoms with Gasteiger partial charge in [-0.25, -0.2) is 4.39 Å². The summed E-state index contributed by atoms with van der Waals surface area (Å²) in [5, 5.41) is 10.9. The van der Waals surface area contributed by atoms with Crippen LogP contribution < -0.4 is 0 Å². The van der Waals surface area contributed by atoms with Gasteiger partial charge in [0.15, 0.2) is 0 Å². The fourth-order valence-electron chi connectivity index (χ4n) is 3.79. The molecule has 2 aliphatic heterocycles. The summed E-state index contributed by atoms with van der Waals surface area (Å²) in [5.74, 6) is -2.24. The van der Waals surface area contributed by atoms with Crippen LogP contribution in [0.2, 0.25) is 0 Å². The average molecular weight is 411 g/mol. The van der Waals surface area contributed by atoms with Crippen molar-refractivity contribution in [2.75, 3.05) is 39.4 Å². The first kappa shape index (κ1) is 20.2. The summed E-state index contributed by atoms with van der Waals surface area (Å²) in [6.45, 7) is 3.67. The maximum atomic E-state index is 13.3. The largest absolute Gasteiger partial charge is 0.507 e. The van der Waals surface area contributed by atoms with Crippen LogP contribution in [-0.4, -0.2) is 71.0 Å². The zero-order valence-electron chi connectivity index (χ0n) is 16.3. The molecule has 0 bridgehead atoms. The molecule has 0 unspecified atom stereocenters. The number of ether oxygens (including phenoxy) is 1. The predicted octanol–water partition coefficient (Wildman–Crippen LogP) is 1.97. The van der Waals surface area contributed by atoms with Crippen molar-refractivity contribution in [2.45, 2.75) is 6.04 Å². The van der Waals surface area contributed by atoms with E-state index < -0.39 is 23.5 Å². The van der Waals surface area contributed by atoms with Crippen molar-refractivity contribution < 1.29 is 23.8 Å². The zero-order chi connectivity index (χ0) is 21.1. The lowest BCUT2D eigenvalue weighted by Crippen LogP contribution is -2.42. The molecule has 4 rings (SSSR count). The molecule has 0 spiro atoms. The minimum atomic E-state index is -0.808. The van der Waals surface area contributed by atoms with Crippen LogP contribution in [0.3, 0.4) is 0 Å². The highest BCUT2D eigenvalue weighted by molar-refractivity contribution is 6.46. The first-order valence-corrected chi connectivity index (χ1v) is 9.81. The molecule has 1 aromatic carbocycles. The van der Waals surface area contributed by atoms with Crippen molar-refractivity contribution in [3.05, 3.63) is 71.3 Å². The van der Waals surface area contributed by atoms with Crippen LogP contribution in [0.1, 0.15) is 17.3 Å². The second kappa shape index (κ2) is 8.73. The number of aromatic nitrogens is 1. The van der Waals surface area contributed by atoms with Gasteiger partial charge in [0, 0.05) is 37.9 Å². The third-order valence-corrected chi connectivity index (χ3v) is 5.39. The maximum Gasteiger partial charge on any atom is 0.295 e. The number of carbonyl (C=O) groups excluding carboxylic acids is 2. The molecule has 3 heterocycles. The summed E-state index contributed by atoms with van der Waals surface area (Å²) < 4.78 is 18.6. The molecule has 1 atom stereocenters. The lowest BCUT2D eigenvalue weighted by molar-refractivity contribution is -0.140. The number of Topliss-reactive ketones (excluding diaryl/α,β-unsaturated/α-hetero) is 1. The third kappa shape index (κ3) is 3.96. The first-order valence-electron chi connectivity index (χ1n) is 9.81. The van der Waals surface area contributed by atoms with Crippen molar-refractivity contribution in [3.8, 4) is 0 Å². The summed E-state index contributed by atoms with van der Waals surface area (Å²) >= 11 is 0. The second-order valence-electron chi connectivity index (χ2n) is 7.21. The Bertz CT molecular complexity index is 956. The number of nitrogens with zero attached hydrogens (tertiary/aromatic N) is 3. The molecule has 2 fully saturated rings. The van der Waals surface area contributed by atoms with Crippen LogP contribution in [0.25, 0.3) is 5.76 Å². The molecule has 0 radical (unpaired) electrons. The van der Waals surface area contributed by atoms with Crippen LogP contribution >= 0.6 is 0 Å². The molecule has 1 aromatic heterocycles. The van der Waals surface area contributed by atoms with Gasteiger partial charge in [0.1, 0.15) is 17.6 Å². The van der Waals surface area contributed by atoms with Gasteiger partial charge in [-0.3, -0.25) is 19.5 Å². The quantitative estimate of drug-likeness (QED) is 0.460. The van der Waals surface area contributed by atoms with Crippen LogP contribution in [0.5, 0.6) is 0 Å². The lowest BCUT2D eigenvalue weighted by Gasteiger charge is -2.30. The van der Waals surface area contributed by atoms with Crippen molar-refractivity contribution in [1.29, 1.82) is 0 Å². The van der Waals surface area contributed by atoms with Crippen molar-refractivity contribution in [3.63, 3.8) is 0 Å². The van der Waals surface area contributed by atoms with Gasteiger partial charge in [-0.05, 0) is 36.4 Å². The Balaban J connectivity index is 1.71. The number of ketones is 1. The molecular weight excluding hydrogens is 389 g/mol. The fraction of sp³-hybridized carbons (Fsp3) is 0.318. The Morgan fingerprint density at radius 3 is 2.50 bits per heavy atom. The van der Waals surface area contributed by atoms with Gasteiger partial charge in [0.05, 0.1) is 24.5 Å². The Morgan fingerprint density at radius 2 is 1.83 bits per heavy atom. The molecule has 30 heavy (non-hydrogen) atoms. The van der Waals surface area contributed by atoms with Gasteiger partial charge >= 0.3 is 0 Å². The minimum absolute atomic E-state index is 0.0349. The second-order valence-corrected chi connectivity index (χ2v) is 7.21. The molecule has 2 saturated heterocycles. The Labute approximate surface area is 173 Å². The summed E-state index contributed by atoms with van der Waals surface area (Å²) in [4.78, 5) is 33.7. The molecule has 0 saturated carbocycles. The van der Waals surface area contributed by atoms with Gasteiger partial charge in [-0.15, -0.1) is 0 Å². The number of benzene rings is 1. The number of morpholine rings is 1. The van der Waals surface area contributed by atoms with Crippen LogP contribution in [0.4, 0.5) is 4.39 Å². The zero-order valence-corrected chi connectivity index (χ0v) is 16.3. The Kier molecular flexibility index (Phi) is 5.87. The number of likely N-dealkylation sites (tertiary alicyclic amines) is 1. The normalized spacial score (nSPS) is 21.9. The van der Waals surface area contributed by atoms with Gasteiger partial charge in [-0.1, -0.05) is 6.07 Å². The minimum Gasteiger partial charge on any atom is -0.507 e. The van der Waals surface area contributed by atoms with E-state index in [-0.39, 0.29) is 16.9 Å². The lowest BCUT2D eigenvalue weighted by atomic mass is 9.98. The van der Waals surface area contributed by atoms with E-state index in [0.717, 1.165) is 13.1 Å². The van der Waals surface area contributed by atoms with Gasteiger partial charge in [-0.2, -0.15) is 0 Å². The van der Waals surface area contributed by atoms with E-state index in [2.05, 4.69) is 9.88 Å². The highest BCUT2D eigenvalue weighted by Gasteiger charge is 2.46. The summed E-state index contributed by atoms with van der Waals surface area (Å²) in [5.41, 5.74) is 0.720. The maximum absolute atomic E-state index is 13.3. The number of carbonyl (C=O) groups is 2. The number of aliphatic hydroxyl groups excluding tert-OH is 1. The van der Waals surface area contributed by atoms with E-state index in [0.29, 0.717) is 32.0 Å². The van der Waals surface area contributed by atoms with E-state index in [4.69, 9.17) is 4.74 Å². The summed E-state index contributed by atoms with van der Waals surface area (Å²) in [7, 11) is 0. The number of hydrogen-bond acceptors (Lipinski definition) is 6. The monoisotopic (exact) mass is 411 g/mol. The topological polar surface area (TPSA) is 83.0 Å². The van der Waals surface area contributed by atoms with E-state index in [1.807, 2.05) is 0 Å². The Morgan fingerprint density at radius 1 is 1.10 bits per heavy atom. The van der Waals surface area contributed by atoms with Crippen LogP contribution in [0, 0.1) is 5.82 Å². The predicted molar refractivity (Wildman–Crippen MR) is 107 cm³/mol. The third-order valence-electron chi connectivity index (χ3n) is 5.39.